The fraction of sp³-hybridized carbons (Fsp3) is 0.897. The highest BCUT2D eigenvalue weighted by Gasteiger charge is 2.62. The molecule has 0 aromatic carbocycles. The van der Waals surface area contributed by atoms with Gasteiger partial charge in [-0.1, -0.05) is 59.1 Å². The Kier molecular flexibility index (Phi) is 6.75. The summed E-state index contributed by atoms with van der Waals surface area (Å²) in [5.74, 6) is 4.18. The topological polar surface area (TPSA) is 57.5 Å². The lowest BCUT2D eigenvalue weighted by Gasteiger charge is -2.58. The zero-order chi connectivity index (χ0) is 23.4. The Morgan fingerprint density at radius 1 is 1.03 bits per heavy atom. The molecule has 0 saturated heterocycles. The van der Waals surface area contributed by atoms with Crippen molar-refractivity contribution in [3.8, 4) is 0 Å². The quantitative estimate of drug-likeness (QED) is 0.481. The first-order valence-corrected chi connectivity index (χ1v) is 13.6. The van der Waals surface area contributed by atoms with E-state index < -0.39 is 17.6 Å². The maximum absolute atomic E-state index is 13.2. The standard InChI is InChI=1S/C29H48O3/c1-7-19(17(2)3)9-8-18(4)22-10-11-23-27-24(12-13-28(22,23)5)29(6)20(15-25(27)31)14-21(30)16-26(29)32/h15,17-19,21-25,27,30-31H,7-14,16H2,1-6H3/t18-,19-,21-,22-,23-,24+,25-,27-,28-,29+/m1/s1. The molecule has 10 atom stereocenters. The van der Waals surface area contributed by atoms with Crippen molar-refractivity contribution >= 4 is 5.78 Å². The van der Waals surface area contributed by atoms with Gasteiger partial charge >= 0.3 is 0 Å². The molecule has 32 heavy (non-hydrogen) atoms. The first kappa shape index (κ1) is 24.5. The number of ketones is 1. The molecule has 0 spiro atoms. The molecule has 0 bridgehead atoms. The second kappa shape index (κ2) is 8.84. The van der Waals surface area contributed by atoms with E-state index in [0.29, 0.717) is 12.3 Å². The Morgan fingerprint density at radius 2 is 1.75 bits per heavy atom. The van der Waals surface area contributed by atoms with Crippen LogP contribution in [0.5, 0.6) is 0 Å². The van der Waals surface area contributed by atoms with Crippen molar-refractivity contribution in [3.63, 3.8) is 0 Å². The number of fused-ring (bicyclic) bond motifs is 5. The zero-order valence-electron chi connectivity index (χ0n) is 21.4. The number of aliphatic hydroxyl groups excluding tert-OH is 2. The van der Waals surface area contributed by atoms with Crippen LogP contribution in [0.3, 0.4) is 0 Å². The van der Waals surface area contributed by atoms with Gasteiger partial charge in [-0.25, -0.2) is 0 Å². The van der Waals surface area contributed by atoms with Crippen LogP contribution in [-0.2, 0) is 4.79 Å². The van der Waals surface area contributed by atoms with E-state index in [1.54, 1.807) is 0 Å². The predicted octanol–water partition coefficient (Wildman–Crippen LogP) is 6.17. The minimum atomic E-state index is -0.575. The van der Waals surface area contributed by atoms with E-state index in [2.05, 4.69) is 41.5 Å². The van der Waals surface area contributed by atoms with E-state index in [-0.39, 0.29) is 29.5 Å². The van der Waals surface area contributed by atoms with Gasteiger partial charge in [-0.05, 0) is 92.3 Å². The SMILES string of the molecule is CC[C@H](CC[C@@H](C)[C@H]1CC[C@@H]2[C@H]3[C@H](O)C=C4C[C@@H](O)CC(=O)[C@]4(C)[C@H]3CC[C@@]21C)C(C)C. The Bertz CT molecular complexity index is 741. The summed E-state index contributed by atoms with van der Waals surface area (Å²) in [5, 5.41) is 21.5. The number of hydrogen-bond acceptors (Lipinski definition) is 3. The van der Waals surface area contributed by atoms with Gasteiger partial charge < -0.3 is 10.2 Å². The van der Waals surface area contributed by atoms with Gasteiger partial charge in [-0.3, -0.25) is 4.79 Å². The normalized spacial score (nSPS) is 45.7. The highest BCUT2D eigenvalue weighted by Crippen LogP contribution is 2.66. The minimum absolute atomic E-state index is 0.193. The lowest BCUT2D eigenvalue weighted by Crippen LogP contribution is -2.57. The molecule has 3 heteroatoms. The molecule has 182 valence electrons. The maximum atomic E-state index is 13.2. The molecule has 2 N–H and O–H groups in total. The van der Waals surface area contributed by atoms with Crippen LogP contribution in [0.25, 0.3) is 0 Å². The summed E-state index contributed by atoms with van der Waals surface area (Å²) < 4.78 is 0. The van der Waals surface area contributed by atoms with E-state index in [4.69, 9.17) is 0 Å². The lowest BCUT2D eigenvalue weighted by atomic mass is 9.46. The monoisotopic (exact) mass is 444 g/mol. The van der Waals surface area contributed by atoms with E-state index in [1.165, 1.54) is 38.5 Å². The lowest BCUT2D eigenvalue weighted by molar-refractivity contribution is -0.145. The highest BCUT2D eigenvalue weighted by atomic mass is 16.3. The van der Waals surface area contributed by atoms with Crippen LogP contribution in [0.15, 0.2) is 11.6 Å². The summed E-state index contributed by atoms with van der Waals surface area (Å²) in [4.78, 5) is 13.2. The molecular weight excluding hydrogens is 396 g/mol. The number of Topliss-reactive ketones (excluding diaryl/α,β-unsaturated/α-hetero) is 1. The number of rotatable bonds is 6. The molecule has 0 heterocycles. The van der Waals surface area contributed by atoms with Crippen molar-refractivity contribution in [1.82, 2.24) is 0 Å². The second-order valence-corrected chi connectivity index (χ2v) is 12.9. The number of aliphatic hydroxyl groups is 2. The average molecular weight is 445 g/mol. The highest BCUT2D eigenvalue weighted by molar-refractivity contribution is 5.90. The maximum Gasteiger partial charge on any atom is 0.145 e. The summed E-state index contributed by atoms with van der Waals surface area (Å²) in [6.07, 6.45) is 10.4. The van der Waals surface area contributed by atoms with Gasteiger partial charge in [-0.2, -0.15) is 0 Å². The molecule has 0 unspecified atom stereocenters. The van der Waals surface area contributed by atoms with Crippen LogP contribution in [0.2, 0.25) is 0 Å². The van der Waals surface area contributed by atoms with Crippen molar-refractivity contribution in [2.45, 2.75) is 112 Å². The van der Waals surface area contributed by atoms with Crippen LogP contribution in [0.1, 0.15) is 99.3 Å². The molecule has 0 radical (unpaired) electrons. The van der Waals surface area contributed by atoms with Crippen molar-refractivity contribution < 1.29 is 15.0 Å². The van der Waals surface area contributed by atoms with Gasteiger partial charge in [0.15, 0.2) is 0 Å². The zero-order valence-corrected chi connectivity index (χ0v) is 21.4. The molecule has 4 aliphatic rings. The summed E-state index contributed by atoms with van der Waals surface area (Å²) in [6, 6.07) is 0. The molecule has 3 fully saturated rings. The van der Waals surface area contributed by atoms with E-state index in [9.17, 15) is 15.0 Å². The summed E-state index contributed by atoms with van der Waals surface area (Å²) in [7, 11) is 0. The van der Waals surface area contributed by atoms with Crippen LogP contribution < -0.4 is 0 Å². The largest absolute Gasteiger partial charge is 0.392 e. The van der Waals surface area contributed by atoms with Crippen LogP contribution >= 0.6 is 0 Å². The Hall–Kier alpha value is -0.670. The molecule has 3 nitrogen and oxygen atoms in total. The third-order valence-corrected chi connectivity index (χ3v) is 11.2. The average Bonchev–Trinajstić information content (AvgIpc) is 3.07. The Morgan fingerprint density at radius 3 is 2.41 bits per heavy atom. The van der Waals surface area contributed by atoms with Gasteiger partial charge in [0.05, 0.1) is 17.6 Å². The fourth-order valence-corrected chi connectivity index (χ4v) is 9.15. The number of carbonyl (C=O) groups excluding carboxylic acids is 1. The predicted molar refractivity (Wildman–Crippen MR) is 130 cm³/mol. The summed E-state index contributed by atoms with van der Waals surface area (Å²) >= 11 is 0. The molecule has 4 aliphatic carbocycles. The Balaban J connectivity index is 1.55. The molecule has 0 amide bonds. The Labute approximate surface area is 196 Å². The second-order valence-electron chi connectivity index (χ2n) is 12.9. The van der Waals surface area contributed by atoms with E-state index in [0.717, 1.165) is 35.7 Å². The van der Waals surface area contributed by atoms with Gasteiger partial charge in [0.25, 0.3) is 0 Å². The first-order chi connectivity index (χ1) is 15.0. The fourth-order valence-electron chi connectivity index (χ4n) is 9.15. The molecule has 0 aromatic rings. The summed E-state index contributed by atoms with van der Waals surface area (Å²) in [5.41, 5.74) is 0.820. The first-order valence-electron chi connectivity index (χ1n) is 13.6. The minimum Gasteiger partial charge on any atom is -0.392 e. The smallest absolute Gasteiger partial charge is 0.145 e. The number of carbonyl (C=O) groups is 1. The van der Waals surface area contributed by atoms with Gasteiger partial charge in [0.1, 0.15) is 5.78 Å². The van der Waals surface area contributed by atoms with Gasteiger partial charge in [0, 0.05) is 6.42 Å². The van der Waals surface area contributed by atoms with Crippen LogP contribution in [0.4, 0.5) is 0 Å². The third kappa shape index (κ3) is 3.74. The van der Waals surface area contributed by atoms with Crippen molar-refractivity contribution in [1.29, 1.82) is 0 Å². The van der Waals surface area contributed by atoms with Crippen molar-refractivity contribution in [2.75, 3.05) is 0 Å². The van der Waals surface area contributed by atoms with Gasteiger partial charge in [-0.15, -0.1) is 0 Å². The van der Waals surface area contributed by atoms with E-state index >= 15 is 0 Å². The van der Waals surface area contributed by atoms with Crippen LogP contribution in [0, 0.1) is 52.3 Å². The van der Waals surface area contributed by atoms with Crippen molar-refractivity contribution in [3.05, 3.63) is 11.6 Å². The van der Waals surface area contributed by atoms with E-state index in [1.807, 2.05) is 6.08 Å². The number of hydrogen-bond donors (Lipinski definition) is 2. The van der Waals surface area contributed by atoms with Crippen molar-refractivity contribution in [2.24, 2.45) is 52.3 Å². The van der Waals surface area contributed by atoms with Gasteiger partial charge in [0.2, 0.25) is 0 Å². The molecule has 0 aliphatic heterocycles. The van der Waals surface area contributed by atoms with Crippen LogP contribution in [-0.4, -0.2) is 28.2 Å². The molecule has 0 aromatic heterocycles. The third-order valence-electron chi connectivity index (χ3n) is 11.2. The molecular formula is C29H48O3. The molecule has 3 saturated carbocycles. The molecule has 4 rings (SSSR count). The summed E-state index contributed by atoms with van der Waals surface area (Å²) in [6.45, 7) is 14.2.